The number of aromatic nitrogens is 2. The van der Waals surface area contributed by atoms with E-state index in [1.54, 1.807) is 18.2 Å². The van der Waals surface area contributed by atoms with E-state index in [0.29, 0.717) is 30.2 Å². The van der Waals surface area contributed by atoms with E-state index in [1.165, 1.54) is 18.3 Å². The minimum Gasteiger partial charge on any atom is -0.484 e. The van der Waals surface area contributed by atoms with E-state index in [1.807, 2.05) is 12.1 Å². The Morgan fingerprint density at radius 2 is 2.31 bits per heavy atom. The van der Waals surface area contributed by atoms with Crippen LogP contribution in [-0.4, -0.2) is 46.9 Å². The molecule has 1 N–H and O–H groups in total. The first kappa shape index (κ1) is 17.8. The van der Waals surface area contributed by atoms with E-state index >= 15 is 0 Å². The van der Waals surface area contributed by atoms with Crippen molar-refractivity contribution in [2.24, 2.45) is 10.9 Å². The normalized spacial score (nSPS) is 17.8. The van der Waals surface area contributed by atoms with Crippen molar-refractivity contribution in [2.75, 3.05) is 20.2 Å². The molecule has 0 bridgehead atoms. The number of pyridine rings is 1. The molecule has 7 heteroatoms. The highest BCUT2D eigenvalue weighted by Gasteiger charge is 2.28. The Bertz CT molecular complexity index is 799. The van der Waals surface area contributed by atoms with Crippen LogP contribution in [0.4, 0.5) is 4.39 Å². The predicted molar refractivity (Wildman–Crippen MR) is 97.1 cm³/mol. The number of rotatable bonds is 4. The largest absolute Gasteiger partial charge is 0.484 e. The standard InChI is InChI=1S/C19H21FN4O2/c1-13(16-6-3-9-21-16)23-18(26-2)15-5-4-10-24(12-15)19(25)14-7-8-17(20)22-11-14/h3,6-9,11,15,21H,1,4-5,10,12H2,2H3/t15-/m0/s1. The summed E-state index contributed by atoms with van der Waals surface area (Å²) in [6.45, 7) is 5.09. The molecule has 1 saturated heterocycles. The summed E-state index contributed by atoms with van der Waals surface area (Å²) < 4.78 is 18.4. The predicted octanol–water partition coefficient (Wildman–Crippen LogP) is 3.12. The molecule has 0 unspecified atom stereocenters. The SMILES string of the molecule is C=C(N=C(OC)[C@H]1CCCN(C(=O)c2ccc(F)nc2)C1)c1ccc[nH]1. The van der Waals surface area contributed by atoms with Crippen LogP contribution in [0.25, 0.3) is 5.70 Å². The third-order valence-corrected chi connectivity index (χ3v) is 4.40. The molecular weight excluding hydrogens is 335 g/mol. The second-order valence-electron chi connectivity index (χ2n) is 6.14. The Hall–Kier alpha value is -2.96. The number of amides is 1. The Morgan fingerprint density at radius 1 is 1.46 bits per heavy atom. The van der Waals surface area contributed by atoms with Gasteiger partial charge in [-0.3, -0.25) is 4.79 Å². The maximum Gasteiger partial charge on any atom is 0.255 e. The van der Waals surface area contributed by atoms with Gasteiger partial charge in [-0.05, 0) is 37.1 Å². The third kappa shape index (κ3) is 3.99. The van der Waals surface area contributed by atoms with Crippen LogP contribution in [0, 0.1) is 11.9 Å². The number of aliphatic imine (C=N–C) groups is 1. The lowest BCUT2D eigenvalue weighted by Gasteiger charge is -2.32. The number of carbonyl (C=O) groups is 1. The van der Waals surface area contributed by atoms with Gasteiger partial charge in [0.25, 0.3) is 5.91 Å². The number of hydrogen-bond donors (Lipinski definition) is 1. The van der Waals surface area contributed by atoms with Gasteiger partial charge in [0.05, 0.1) is 30.0 Å². The molecule has 0 aliphatic carbocycles. The highest BCUT2D eigenvalue weighted by atomic mass is 19.1. The number of likely N-dealkylation sites (tertiary alicyclic amines) is 1. The third-order valence-electron chi connectivity index (χ3n) is 4.40. The number of ether oxygens (including phenoxy) is 1. The van der Waals surface area contributed by atoms with Gasteiger partial charge in [-0.25, -0.2) is 9.98 Å². The maximum absolute atomic E-state index is 13.0. The molecule has 0 saturated carbocycles. The number of halogens is 1. The molecule has 1 atom stereocenters. The average Bonchev–Trinajstić information content (AvgIpc) is 3.21. The monoisotopic (exact) mass is 356 g/mol. The molecule has 1 aliphatic rings. The van der Waals surface area contributed by atoms with Gasteiger partial charge in [0, 0.05) is 25.5 Å². The van der Waals surface area contributed by atoms with Gasteiger partial charge in [-0.1, -0.05) is 6.58 Å². The van der Waals surface area contributed by atoms with Crippen molar-refractivity contribution < 1.29 is 13.9 Å². The minimum atomic E-state index is -0.602. The maximum atomic E-state index is 13.0. The second kappa shape index (κ2) is 7.95. The summed E-state index contributed by atoms with van der Waals surface area (Å²) in [5.74, 6) is -0.229. The molecule has 26 heavy (non-hydrogen) atoms. The number of aromatic amines is 1. The van der Waals surface area contributed by atoms with Crippen LogP contribution in [0.2, 0.25) is 0 Å². The molecule has 1 fully saturated rings. The van der Waals surface area contributed by atoms with Gasteiger partial charge < -0.3 is 14.6 Å². The van der Waals surface area contributed by atoms with Crippen molar-refractivity contribution >= 4 is 17.5 Å². The van der Waals surface area contributed by atoms with Gasteiger partial charge in [0.2, 0.25) is 5.95 Å². The summed E-state index contributed by atoms with van der Waals surface area (Å²) in [6, 6.07) is 6.40. The zero-order valence-corrected chi connectivity index (χ0v) is 14.6. The second-order valence-corrected chi connectivity index (χ2v) is 6.14. The van der Waals surface area contributed by atoms with E-state index in [2.05, 4.69) is 21.5 Å². The fourth-order valence-corrected chi connectivity index (χ4v) is 3.05. The van der Waals surface area contributed by atoms with Crippen molar-refractivity contribution in [3.8, 4) is 0 Å². The molecule has 0 spiro atoms. The van der Waals surface area contributed by atoms with Gasteiger partial charge >= 0.3 is 0 Å². The zero-order chi connectivity index (χ0) is 18.5. The van der Waals surface area contributed by atoms with E-state index in [4.69, 9.17) is 4.74 Å². The van der Waals surface area contributed by atoms with Crippen molar-refractivity contribution in [2.45, 2.75) is 12.8 Å². The van der Waals surface area contributed by atoms with Gasteiger partial charge in [-0.15, -0.1) is 0 Å². The zero-order valence-electron chi connectivity index (χ0n) is 14.6. The lowest BCUT2D eigenvalue weighted by atomic mass is 9.97. The van der Waals surface area contributed by atoms with E-state index in [0.717, 1.165) is 18.5 Å². The molecular formula is C19H21FN4O2. The smallest absolute Gasteiger partial charge is 0.255 e. The van der Waals surface area contributed by atoms with Gasteiger partial charge in [-0.2, -0.15) is 4.39 Å². The van der Waals surface area contributed by atoms with E-state index < -0.39 is 5.95 Å². The summed E-state index contributed by atoms with van der Waals surface area (Å²) in [5.41, 5.74) is 1.78. The lowest BCUT2D eigenvalue weighted by molar-refractivity contribution is 0.0694. The summed E-state index contributed by atoms with van der Waals surface area (Å²) in [7, 11) is 1.57. The topological polar surface area (TPSA) is 70.6 Å². The van der Waals surface area contributed by atoms with Gasteiger partial charge in [0.15, 0.2) is 5.90 Å². The number of H-pyrrole nitrogens is 1. The molecule has 0 radical (unpaired) electrons. The molecule has 3 heterocycles. The summed E-state index contributed by atoms with van der Waals surface area (Å²) in [5, 5.41) is 0. The first-order valence-corrected chi connectivity index (χ1v) is 8.44. The fraction of sp³-hybridized carbons (Fsp3) is 0.316. The van der Waals surface area contributed by atoms with Crippen LogP contribution >= 0.6 is 0 Å². The van der Waals surface area contributed by atoms with Crippen LogP contribution in [-0.2, 0) is 4.74 Å². The van der Waals surface area contributed by atoms with Crippen LogP contribution in [0.15, 0.2) is 48.2 Å². The lowest BCUT2D eigenvalue weighted by Crippen LogP contribution is -2.42. The van der Waals surface area contributed by atoms with Crippen LogP contribution in [0.1, 0.15) is 28.9 Å². The average molecular weight is 356 g/mol. The number of carbonyl (C=O) groups excluding carboxylic acids is 1. The van der Waals surface area contributed by atoms with Crippen molar-refractivity contribution in [3.63, 3.8) is 0 Å². The molecule has 2 aromatic rings. The number of hydrogen-bond acceptors (Lipinski definition) is 4. The van der Waals surface area contributed by atoms with Crippen molar-refractivity contribution in [3.05, 3.63) is 60.4 Å². The molecule has 6 nitrogen and oxygen atoms in total. The molecule has 1 amide bonds. The summed E-state index contributed by atoms with van der Waals surface area (Å²) in [6.07, 6.45) is 4.78. The first-order valence-electron chi connectivity index (χ1n) is 8.44. The number of piperidine rings is 1. The van der Waals surface area contributed by atoms with E-state index in [9.17, 15) is 9.18 Å². The van der Waals surface area contributed by atoms with Crippen LogP contribution < -0.4 is 0 Å². The Morgan fingerprint density at radius 3 is 2.96 bits per heavy atom. The number of methoxy groups -OCH3 is 1. The summed E-state index contributed by atoms with van der Waals surface area (Å²) in [4.78, 5) is 25.5. The van der Waals surface area contributed by atoms with Crippen molar-refractivity contribution in [1.29, 1.82) is 0 Å². The quantitative estimate of drug-likeness (QED) is 0.520. The Kier molecular flexibility index (Phi) is 5.46. The van der Waals surface area contributed by atoms with E-state index in [-0.39, 0.29) is 11.8 Å². The van der Waals surface area contributed by atoms with Gasteiger partial charge in [0.1, 0.15) is 0 Å². The fourth-order valence-electron chi connectivity index (χ4n) is 3.05. The Balaban J connectivity index is 1.73. The molecule has 136 valence electrons. The number of nitrogens with one attached hydrogen (secondary N) is 1. The van der Waals surface area contributed by atoms with Crippen LogP contribution in [0.5, 0.6) is 0 Å². The highest BCUT2D eigenvalue weighted by Crippen LogP contribution is 2.22. The summed E-state index contributed by atoms with van der Waals surface area (Å²) >= 11 is 0. The minimum absolute atomic E-state index is 0.0159. The first-order chi connectivity index (χ1) is 12.6. The Labute approximate surface area is 151 Å². The number of nitrogens with zero attached hydrogens (tertiary/aromatic N) is 3. The van der Waals surface area contributed by atoms with Crippen LogP contribution in [0.3, 0.4) is 0 Å². The van der Waals surface area contributed by atoms with Crippen molar-refractivity contribution in [1.82, 2.24) is 14.9 Å². The molecule has 1 aliphatic heterocycles. The molecule has 2 aromatic heterocycles. The molecule has 3 rings (SSSR count). The molecule has 0 aromatic carbocycles. The highest BCUT2D eigenvalue weighted by molar-refractivity contribution is 5.94.